The monoisotopic (exact) mass is 237 g/mol. The van der Waals surface area contributed by atoms with Crippen LogP contribution in [0.4, 0.5) is 0 Å². The summed E-state index contributed by atoms with van der Waals surface area (Å²) in [7, 11) is 0. The number of rotatable bonds is 7. The van der Waals surface area contributed by atoms with E-state index in [2.05, 4.69) is 19.2 Å². The van der Waals surface area contributed by atoms with E-state index in [0.29, 0.717) is 5.41 Å². The highest BCUT2D eigenvalue weighted by molar-refractivity contribution is 4.99. The summed E-state index contributed by atoms with van der Waals surface area (Å²) >= 11 is 0. The van der Waals surface area contributed by atoms with Crippen molar-refractivity contribution in [2.45, 2.75) is 71.6 Å². The lowest BCUT2D eigenvalue weighted by atomic mass is 9.64. The molecular formula is C16H31N. The molecule has 1 aliphatic heterocycles. The van der Waals surface area contributed by atoms with Gasteiger partial charge < -0.3 is 5.32 Å². The van der Waals surface area contributed by atoms with Crippen molar-refractivity contribution in [3.63, 3.8) is 0 Å². The van der Waals surface area contributed by atoms with Crippen molar-refractivity contribution >= 4 is 0 Å². The largest absolute Gasteiger partial charge is 0.316 e. The number of hydrogen-bond acceptors (Lipinski definition) is 1. The lowest BCUT2D eigenvalue weighted by Crippen LogP contribution is -2.57. The topological polar surface area (TPSA) is 12.0 Å². The molecule has 2 aliphatic rings. The third-order valence-corrected chi connectivity index (χ3v) is 5.41. The van der Waals surface area contributed by atoms with Gasteiger partial charge in [0.25, 0.3) is 0 Å². The van der Waals surface area contributed by atoms with Gasteiger partial charge in [-0.05, 0) is 36.5 Å². The number of hydrogen-bond donors (Lipinski definition) is 1. The van der Waals surface area contributed by atoms with E-state index < -0.39 is 0 Å². The average Bonchev–Trinajstić information content (AvgIpc) is 2.81. The Bertz CT molecular complexity index is 214. The van der Waals surface area contributed by atoms with Gasteiger partial charge in [-0.2, -0.15) is 0 Å². The van der Waals surface area contributed by atoms with Crippen molar-refractivity contribution in [3.05, 3.63) is 0 Å². The predicted molar refractivity (Wildman–Crippen MR) is 75.2 cm³/mol. The van der Waals surface area contributed by atoms with Gasteiger partial charge in [0.2, 0.25) is 0 Å². The maximum Gasteiger partial charge on any atom is 0.00230 e. The molecule has 1 unspecified atom stereocenters. The first kappa shape index (κ1) is 13.4. The Balaban J connectivity index is 1.88. The van der Waals surface area contributed by atoms with E-state index in [0.717, 1.165) is 11.8 Å². The van der Waals surface area contributed by atoms with Crippen molar-refractivity contribution in [1.29, 1.82) is 0 Å². The van der Waals surface area contributed by atoms with E-state index in [1.807, 2.05) is 0 Å². The first-order chi connectivity index (χ1) is 8.30. The smallest absolute Gasteiger partial charge is 0.00230 e. The summed E-state index contributed by atoms with van der Waals surface area (Å²) in [5, 5.41) is 3.56. The van der Waals surface area contributed by atoms with Crippen LogP contribution < -0.4 is 5.32 Å². The minimum atomic E-state index is 0.713. The van der Waals surface area contributed by atoms with E-state index in [1.165, 1.54) is 70.9 Å². The van der Waals surface area contributed by atoms with Crippen LogP contribution >= 0.6 is 0 Å². The highest BCUT2D eigenvalue weighted by Crippen LogP contribution is 2.47. The van der Waals surface area contributed by atoms with Gasteiger partial charge in [0.05, 0.1) is 0 Å². The normalized spacial score (nSPS) is 25.8. The molecule has 1 aliphatic carbocycles. The molecule has 1 saturated heterocycles. The van der Waals surface area contributed by atoms with Crippen molar-refractivity contribution in [3.8, 4) is 0 Å². The number of unbranched alkanes of at least 4 members (excludes halogenated alkanes) is 1. The van der Waals surface area contributed by atoms with Crippen LogP contribution in [0.3, 0.4) is 0 Å². The molecule has 1 heterocycles. The van der Waals surface area contributed by atoms with Crippen LogP contribution in [0.25, 0.3) is 0 Å². The molecule has 0 aromatic heterocycles. The highest BCUT2D eigenvalue weighted by Gasteiger charge is 2.45. The fraction of sp³-hybridized carbons (Fsp3) is 1.00. The molecule has 100 valence electrons. The summed E-state index contributed by atoms with van der Waals surface area (Å²) in [5.74, 6) is 2.05. The zero-order valence-corrected chi connectivity index (χ0v) is 11.9. The molecule has 0 spiro atoms. The van der Waals surface area contributed by atoms with Crippen molar-refractivity contribution in [1.82, 2.24) is 5.32 Å². The molecule has 0 bridgehead atoms. The fourth-order valence-electron chi connectivity index (χ4n) is 4.10. The molecule has 2 rings (SSSR count). The Labute approximate surface area is 108 Å². The van der Waals surface area contributed by atoms with E-state index in [9.17, 15) is 0 Å². The van der Waals surface area contributed by atoms with E-state index in [-0.39, 0.29) is 0 Å². The summed E-state index contributed by atoms with van der Waals surface area (Å²) in [6.45, 7) is 7.36. The standard InChI is InChI=1S/C16H31N/c1-3-5-8-14(4-2)11-16(12-17-13-16)15-9-6-7-10-15/h14-15,17H,3-13H2,1-2H3. The van der Waals surface area contributed by atoms with Crippen molar-refractivity contribution < 1.29 is 0 Å². The SMILES string of the molecule is CCCCC(CC)CC1(C2CCCC2)CNC1. The van der Waals surface area contributed by atoms with Gasteiger partial charge >= 0.3 is 0 Å². The zero-order valence-electron chi connectivity index (χ0n) is 11.9. The van der Waals surface area contributed by atoms with Crippen LogP contribution in [0, 0.1) is 17.3 Å². The maximum absolute atomic E-state index is 3.56. The van der Waals surface area contributed by atoms with Gasteiger partial charge in [-0.1, -0.05) is 52.4 Å². The second kappa shape index (κ2) is 6.22. The van der Waals surface area contributed by atoms with Gasteiger partial charge in [-0.25, -0.2) is 0 Å². The Kier molecular flexibility index (Phi) is 4.90. The van der Waals surface area contributed by atoms with Gasteiger partial charge in [0.15, 0.2) is 0 Å². The summed E-state index contributed by atoms with van der Waals surface area (Å²) in [4.78, 5) is 0. The fourth-order valence-corrected chi connectivity index (χ4v) is 4.10. The van der Waals surface area contributed by atoms with Gasteiger partial charge in [0.1, 0.15) is 0 Å². The van der Waals surface area contributed by atoms with Crippen LogP contribution in [0.5, 0.6) is 0 Å². The van der Waals surface area contributed by atoms with Crippen LogP contribution in [0.15, 0.2) is 0 Å². The molecule has 0 aromatic rings. The second-order valence-electron chi connectivity index (χ2n) is 6.57. The van der Waals surface area contributed by atoms with Gasteiger partial charge in [-0.15, -0.1) is 0 Å². The van der Waals surface area contributed by atoms with E-state index >= 15 is 0 Å². The summed E-state index contributed by atoms with van der Waals surface area (Å²) in [5.41, 5.74) is 0.713. The minimum Gasteiger partial charge on any atom is -0.316 e. The molecule has 2 fully saturated rings. The summed E-state index contributed by atoms with van der Waals surface area (Å²) in [6.07, 6.45) is 13.2. The van der Waals surface area contributed by atoms with E-state index in [1.54, 1.807) is 0 Å². The molecule has 1 saturated carbocycles. The molecular weight excluding hydrogens is 206 g/mol. The molecule has 0 amide bonds. The van der Waals surface area contributed by atoms with Crippen LogP contribution in [-0.2, 0) is 0 Å². The summed E-state index contributed by atoms with van der Waals surface area (Å²) < 4.78 is 0. The van der Waals surface area contributed by atoms with Crippen molar-refractivity contribution in [2.75, 3.05) is 13.1 Å². The third-order valence-electron chi connectivity index (χ3n) is 5.41. The Morgan fingerprint density at radius 1 is 1.18 bits per heavy atom. The molecule has 0 aromatic carbocycles. The number of nitrogens with one attached hydrogen (secondary N) is 1. The molecule has 1 nitrogen and oxygen atoms in total. The predicted octanol–water partition coefficient (Wildman–Crippen LogP) is 4.37. The molecule has 17 heavy (non-hydrogen) atoms. The Morgan fingerprint density at radius 3 is 2.35 bits per heavy atom. The lowest BCUT2D eigenvalue weighted by molar-refractivity contribution is 0.0462. The van der Waals surface area contributed by atoms with Crippen LogP contribution in [0.2, 0.25) is 0 Å². The van der Waals surface area contributed by atoms with Crippen LogP contribution in [-0.4, -0.2) is 13.1 Å². The van der Waals surface area contributed by atoms with Gasteiger partial charge in [0, 0.05) is 13.1 Å². The zero-order chi connectivity index (χ0) is 12.1. The minimum absolute atomic E-state index is 0.713. The van der Waals surface area contributed by atoms with E-state index in [4.69, 9.17) is 0 Å². The molecule has 1 atom stereocenters. The average molecular weight is 237 g/mol. The van der Waals surface area contributed by atoms with Gasteiger partial charge in [-0.3, -0.25) is 0 Å². The lowest BCUT2D eigenvalue weighted by Gasteiger charge is -2.49. The summed E-state index contributed by atoms with van der Waals surface area (Å²) in [6, 6.07) is 0. The Morgan fingerprint density at radius 2 is 1.88 bits per heavy atom. The molecule has 1 heteroatoms. The quantitative estimate of drug-likeness (QED) is 0.693. The molecule has 0 radical (unpaired) electrons. The third kappa shape index (κ3) is 3.05. The Hall–Kier alpha value is -0.0400. The second-order valence-corrected chi connectivity index (χ2v) is 6.57. The van der Waals surface area contributed by atoms with Crippen LogP contribution in [0.1, 0.15) is 71.6 Å². The first-order valence-corrected chi connectivity index (χ1v) is 8.01. The maximum atomic E-state index is 3.56. The first-order valence-electron chi connectivity index (χ1n) is 8.01. The molecule has 1 N–H and O–H groups in total. The highest BCUT2D eigenvalue weighted by atomic mass is 15.0. The van der Waals surface area contributed by atoms with Crippen molar-refractivity contribution in [2.24, 2.45) is 17.3 Å².